The highest BCUT2D eigenvalue weighted by Gasteiger charge is 2.40. The van der Waals surface area contributed by atoms with E-state index in [-0.39, 0.29) is 5.78 Å². The van der Waals surface area contributed by atoms with E-state index in [0.29, 0.717) is 5.57 Å². The van der Waals surface area contributed by atoms with Crippen molar-refractivity contribution in [2.45, 2.75) is 39.2 Å². The van der Waals surface area contributed by atoms with Gasteiger partial charge in [-0.15, -0.1) is 6.58 Å². The highest BCUT2D eigenvalue weighted by atomic mass is 16.1. The molecule has 0 saturated carbocycles. The zero-order valence-electron chi connectivity index (χ0n) is 9.52. The maximum Gasteiger partial charge on any atom is 0.181 e. The molecule has 2 heteroatoms. The number of carbonyl (C=O) groups is 1. The lowest BCUT2D eigenvalue weighted by atomic mass is 9.81. The summed E-state index contributed by atoms with van der Waals surface area (Å²) in [5, 5.41) is 3.06. The minimum atomic E-state index is -0.480. The number of carbonyl (C=O) groups excluding carboxylic acids is 1. The summed E-state index contributed by atoms with van der Waals surface area (Å²) in [6.07, 6.45) is 3.77. The van der Waals surface area contributed by atoms with Crippen LogP contribution in [0.3, 0.4) is 0 Å². The van der Waals surface area contributed by atoms with Gasteiger partial charge in [0, 0.05) is 0 Å². The monoisotopic (exact) mass is 195 g/mol. The minimum Gasteiger partial charge on any atom is -0.301 e. The Balaban J connectivity index is 0.000000500. The Morgan fingerprint density at radius 3 is 2.07 bits per heavy atom. The number of rotatable bonds is 3. The molecule has 1 aliphatic rings. The van der Waals surface area contributed by atoms with Gasteiger partial charge in [0.15, 0.2) is 5.78 Å². The van der Waals surface area contributed by atoms with Gasteiger partial charge < -0.3 is 5.32 Å². The molecule has 0 aromatic carbocycles. The zero-order valence-corrected chi connectivity index (χ0v) is 9.52. The molecule has 80 valence electrons. The summed E-state index contributed by atoms with van der Waals surface area (Å²) in [5.74, 6) is 0.0683. The second-order valence-corrected chi connectivity index (χ2v) is 3.67. The maximum atomic E-state index is 11.4. The van der Waals surface area contributed by atoms with Crippen molar-refractivity contribution in [1.82, 2.24) is 5.32 Å². The van der Waals surface area contributed by atoms with Crippen LogP contribution in [-0.2, 0) is 4.79 Å². The van der Waals surface area contributed by atoms with E-state index in [0.717, 1.165) is 13.0 Å². The Bertz CT molecular complexity index is 226. The first-order chi connectivity index (χ1) is 6.54. The van der Waals surface area contributed by atoms with E-state index < -0.39 is 5.54 Å². The summed E-state index contributed by atoms with van der Waals surface area (Å²) in [5.41, 5.74) is 0.114. The summed E-state index contributed by atoms with van der Waals surface area (Å²) >= 11 is 0. The highest BCUT2D eigenvalue weighted by Crippen LogP contribution is 2.23. The van der Waals surface area contributed by atoms with Crippen LogP contribution in [0.2, 0.25) is 0 Å². The van der Waals surface area contributed by atoms with Crippen LogP contribution in [0, 0.1) is 0 Å². The zero-order chi connectivity index (χ0) is 11.2. The largest absolute Gasteiger partial charge is 0.301 e. The average Bonchev–Trinajstić information content (AvgIpc) is 2.04. The normalized spacial score (nSPS) is 23.9. The van der Waals surface area contributed by atoms with Crippen LogP contribution >= 0.6 is 0 Å². The van der Waals surface area contributed by atoms with Crippen LogP contribution in [-0.4, -0.2) is 17.9 Å². The number of nitrogens with one attached hydrogen (secondary N) is 1. The molecule has 1 unspecified atom stereocenters. The van der Waals surface area contributed by atoms with Crippen LogP contribution in [0.4, 0.5) is 0 Å². The van der Waals surface area contributed by atoms with Crippen LogP contribution in [0.25, 0.3) is 0 Å². The highest BCUT2D eigenvalue weighted by molar-refractivity contribution is 6.03. The Morgan fingerprint density at radius 1 is 1.57 bits per heavy atom. The van der Waals surface area contributed by atoms with E-state index in [9.17, 15) is 4.79 Å². The Morgan fingerprint density at radius 2 is 2.00 bits per heavy atom. The fraction of sp³-hybridized carbons (Fsp3) is 0.583. The minimum absolute atomic E-state index is 0.0683. The van der Waals surface area contributed by atoms with Crippen molar-refractivity contribution < 1.29 is 4.79 Å². The van der Waals surface area contributed by atoms with E-state index >= 15 is 0 Å². The van der Waals surface area contributed by atoms with Gasteiger partial charge in [-0.25, -0.2) is 0 Å². The maximum absolute atomic E-state index is 11.4. The molecule has 1 aliphatic heterocycles. The molecule has 1 heterocycles. The van der Waals surface area contributed by atoms with Gasteiger partial charge in [0.2, 0.25) is 0 Å². The van der Waals surface area contributed by atoms with Gasteiger partial charge in [-0.3, -0.25) is 4.79 Å². The summed E-state index contributed by atoms with van der Waals surface area (Å²) in [4.78, 5) is 11.4. The number of ketones is 1. The van der Waals surface area contributed by atoms with E-state index in [4.69, 9.17) is 0 Å². The molecule has 0 bridgehead atoms. The molecule has 0 aromatic rings. The molecule has 1 N–H and O–H groups in total. The number of hydrogen-bond acceptors (Lipinski definition) is 2. The molecule has 0 radical (unpaired) electrons. The van der Waals surface area contributed by atoms with Crippen molar-refractivity contribution in [3.63, 3.8) is 0 Å². The first-order valence-electron chi connectivity index (χ1n) is 5.13. The van der Waals surface area contributed by atoms with Gasteiger partial charge in [-0.1, -0.05) is 32.9 Å². The van der Waals surface area contributed by atoms with Crippen molar-refractivity contribution >= 4 is 5.78 Å². The van der Waals surface area contributed by atoms with Gasteiger partial charge in [0.05, 0.1) is 0 Å². The standard InChI is InChI=1S/C9H13NO.C3H8/c1-4-9(5-6-10-9)8(11)7(2)3;1-3-2/h4,10H,1-2,5-6H2,3H3;3H2,1-2H3. The molecule has 0 spiro atoms. The van der Waals surface area contributed by atoms with Gasteiger partial charge in [-0.2, -0.15) is 0 Å². The van der Waals surface area contributed by atoms with Crippen molar-refractivity contribution in [3.05, 3.63) is 24.8 Å². The summed E-state index contributed by atoms with van der Waals surface area (Å²) in [6.45, 7) is 14.1. The molecule has 1 atom stereocenters. The third-order valence-corrected chi connectivity index (χ3v) is 2.10. The van der Waals surface area contributed by atoms with E-state index in [1.54, 1.807) is 13.0 Å². The van der Waals surface area contributed by atoms with Crippen molar-refractivity contribution in [2.75, 3.05) is 6.54 Å². The van der Waals surface area contributed by atoms with Crippen LogP contribution in [0.5, 0.6) is 0 Å². The van der Waals surface area contributed by atoms with Gasteiger partial charge >= 0.3 is 0 Å². The Labute approximate surface area is 87.1 Å². The Kier molecular flexibility index (Phi) is 5.39. The first-order valence-corrected chi connectivity index (χ1v) is 5.13. The van der Waals surface area contributed by atoms with Gasteiger partial charge in [0.25, 0.3) is 0 Å². The average molecular weight is 195 g/mol. The van der Waals surface area contributed by atoms with Crippen molar-refractivity contribution in [2.24, 2.45) is 0 Å². The molecular formula is C12H21NO. The summed E-state index contributed by atoms with van der Waals surface area (Å²) in [6, 6.07) is 0. The summed E-state index contributed by atoms with van der Waals surface area (Å²) < 4.78 is 0. The lowest BCUT2D eigenvalue weighted by molar-refractivity contribution is -0.122. The first kappa shape index (κ1) is 13.1. The lowest BCUT2D eigenvalue weighted by Gasteiger charge is -2.39. The third-order valence-electron chi connectivity index (χ3n) is 2.10. The van der Waals surface area contributed by atoms with E-state index in [2.05, 4.69) is 32.3 Å². The van der Waals surface area contributed by atoms with Crippen molar-refractivity contribution in [3.8, 4) is 0 Å². The third kappa shape index (κ3) is 2.81. The fourth-order valence-electron chi connectivity index (χ4n) is 1.24. The molecule has 0 aliphatic carbocycles. The second-order valence-electron chi connectivity index (χ2n) is 3.67. The number of Topliss-reactive ketones (excluding diaryl/α,β-unsaturated/α-hetero) is 1. The van der Waals surface area contributed by atoms with Crippen LogP contribution < -0.4 is 5.32 Å². The quantitative estimate of drug-likeness (QED) is 0.553. The SMILES string of the molecule is C=CC1(C(=O)C(=C)C)CCN1.CCC. The number of hydrogen-bond donors (Lipinski definition) is 1. The van der Waals surface area contributed by atoms with E-state index in [1.807, 2.05) is 0 Å². The lowest BCUT2D eigenvalue weighted by Crippen LogP contribution is -2.60. The molecule has 0 aromatic heterocycles. The summed E-state index contributed by atoms with van der Waals surface area (Å²) in [7, 11) is 0. The topological polar surface area (TPSA) is 29.1 Å². The molecule has 1 saturated heterocycles. The van der Waals surface area contributed by atoms with Crippen molar-refractivity contribution in [1.29, 1.82) is 0 Å². The van der Waals surface area contributed by atoms with Gasteiger partial charge in [0.1, 0.15) is 5.54 Å². The molecule has 0 amide bonds. The molecule has 1 rings (SSSR count). The van der Waals surface area contributed by atoms with E-state index in [1.165, 1.54) is 6.42 Å². The predicted octanol–water partition coefficient (Wildman–Crippen LogP) is 2.47. The smallest absolute Gasteiger partial charge is 0.181 e. The predicted molar refractivity (Wildman–Crippen MR) is 61.3 cm³/mol. The fourth-order valence-corrected chi connectivity index (χ4v) is 1.24. The van der Waals surface area contributed by atoms with Crippen LogP contribution in [0.15, 0.2) is 24.8 Å². The molecule has 2 nitrogen and oxygen atoms in total. The molecular weight excluding hydrogens is 174 g/mol. The molecule has 14 heavy (non-hydrogen) atoms. The second kappa shape index (κ2) is 5.76. The van der Waals surface area contributed by atoms with Crippen LogP contribution in [0.1, 0.15) is 33.6 Å². The van der Waals surface area contributed by atoms with Gasteiger partial charge in [-0.05, 0) is 25.5 Å². The Hall–Kier alpha value is -0.890. The molecule has 1 fully saturated rings.